The van der Waals surface area contributed by atoms with E-state index in [9.17, 15) is 10.2 Å². The van der Waals surface area contributed by atoms with Gasteiger partial charge < -0.3 is 10.2 Å². The molecule has 2 unspecified atom stereocenters. The third-order valence-electron chi connectivity index (χ3n) is 3.11. The highest BCUT2D eigenvalue weighted by Crippen LogP contribution is 2.37. The molecule has 0 aromatic heterocycles. The van der Waals surface area contributed by atoms with E-state index in [0.29, 0.717) is 0 Å². The molecule has 0 aliphatic carbocycles. The van der Waals surface area contributed by atoms with Crippen LogP contribution in [0, 0.1) is 17.3 Å². The minimum absolute atomic E-state index is 0.0625. The lowest BCUT2D eigenvalue weighted by Gasteiger charge is -2.39. The molecule has 0 aliphatic heterocycles. The van der Waals surface area contributed by atoms with E-state index in [4.69, 9.17) is 0 Å². The molecule has 0 rings (SSSR count). The van der Waals surface area contributed by atoms with Gasteiger partial charge in [0, 0.05) is 5.92 Å². The van der Waals surface area contributed by atoms with Crippen molar-refractivity contribution in [2.24, 2.45) is 17.3 Å². The van der Waals surface area contributed by atoms with Crippen molar-refractivity contribution >= 4 is 0 Å². The maximum Gasteiger partial charge on any atom is 0.162 e. The Hall–Kier alpha value is -0.0800. The molecule has 0 spiro atoms. The zero-order valence-electron chi connectivity index (χ0n) is 9.76. The van der Waals surface area contributed by atoms with Crippen molar-refractivity contribution in [2.45, 2.75) is 53.8 Å². The van der Waals surface area contributed by atoms with Gasteiger partial charge in [0.1, 0.15) is 0 Å². The largest absolute Gasteiger partial charge is 0.366 e. The molecule has 0 saturated heterocycles. The molecule has 0 fully saturated rings. The Morgan fingerprint density at radius 2 is 1.46 bits per heavy atom. The Kier molecular flexibility index (Phi) is 3.95. The summed E-state index contributed by atoms with van der Waals surface area (Å²) in [6.07, 6.45) is 0.794. The van der Waals surface area contributed by atoms with Crippen molar-refractivity contribution in [1.82, 2.24) is 0 Å². The highest BCUT2D eigenvalue weighted by molar-refractivity contribution is 4.82. The molecule has 2 heteroatoms. The normalized spacial score (nSPS) is 18.5. The van der Waals surface area contributed by atoms with Gasteiger partial charge in [0.2, 0.25) is 0 Å². The Balaban J connectivity index is 4.61. The van der Waals surface area contributed by atoms with Gasteiger partial charge in [-0.25, -0.2) is 0 Å². The first-order chi connectivity index (χ1) is 5.60. The molecule has 0 aromatic carbocycles. The van der Waals surface area contributed by atoms with Crippen LogP contribution in [0.5, 0.6) is 0 Å². The van der Waals surface area contributed by atoms with Gasteiger partial charge in [-0.1, -0.05) is 34.6 Å². The lowest BCUT2D eigenvalue weighted by atomic mass is 9.70. The topological polar surface area (TPSA) is 40.5 Å². The lowest BCUT2D eigenvalue weighted by Crippen LogP contribution is -2.41. The minimum atomic E-state index is -1.55. The van der Waals surface area contributed by atoms with Crippen LogP contribution in [-0.4, -0.2) is 16.0 Å². The quantitative estimate of drug-likeness (QED) is 0.668. The predicted molar refractivity (Wildman–Crippen MR) is 55.2 cm³/mol. The van der Waals surface area contributed by atoms with Crippen LogP contribution in [0.2, 0.25) is 0 Å². The third kappa shape index (κ3) is 3.65. The Bertz CT molecular complexity index is 150. The Morgan fingerprint density at radius 3 is 1.54 bits per heavy atom. The smallest absolute Gasteiger partial charge is 0.162 e. The maximum absolute atomic E-state index is 9.57. The molecule has 2 N–H and O–H groups in total. The van der Waals surface area contributed by atoms with Crippen LogP contribution in [0.25, 0.3) is 0 Å². The number of hydrogen-bond acceptors (Lipinski definition) is 2. The molecule has 0 amide bonds. The van der Waals surface area contributed by atoms with Crippen molar-refractivity contribution in [1.29, 1.82) is 0 Å². The lowest BCUT2D eigenvalue weighted by molar-refractivity contribution is -0.205. The van der Waals surface area contributed by atoms with Gasteiger partial charge >= 0.3 is 0 Å². The van der Waals surface area contributed by atoms with Gasteiger partial charge in [0.25, 0.3) is 0 Å². The van der Waals surface area contributed by atoms with E-state index in [1.165, 1.54) is 6.92 Å². The van der Waals surface area contributed by atoms with E-state index in [0.717, 1.165) is 6.42 Å². The molecule has 13 heavy (non-hydrogen) atoms. The summed E-state index contributed by atoms with van der Waals surface area (Å²) in [4.78, 5) is 0. The summed E-state index contributed by atoms with van der Waals surface area (Å²) in [5.74, 6) is -1.33. The second-order valence-corrected chi connectivity index (χ2v) is 5.26. The highest BCUT2D eigenvalue weighted by atomic mass is 16.5. The molecule has 0 radical (unpaired) electrons. The fraction of sp³-hybridized carbons (Fsp3) is 1.00. The summed E-state index contributed by atoms with van der Waals surface area (Å²) >= 11 is 0. The van der Waals surface area contributed by atoms with Gasteiger partial charge in [0.15, 0.2) is 5.79 Å². The van der Waals surface area contributed by atoms with Crippen LogP contribution in [0.4, 0.5) is 0 Å². The zero-order valence-corrected chi connectivity index (χ0v) is 9.76. The zero-order chi connectivity index (χ0) is 10.9. The molecule has 0 aliphatic rings. The first kappa shape index (κ1) is 12.9. The van der Waals surface area contributed by atoms with Crippen molar-refractivity contribution in [3.63, 3.8) is 0 Å². The Labute approximate surface area is 82.0 Å². The van der Waals surface area contributed by atoms with Crippen LogP contribution in [0.15, 0.2) is 0 Å². The number of hydrogen-bond donors (Lipinski definition) is 2. The summed E-state index contributed by atoms with van der Waals surface area (Å²) in [6, 6.07) is 0. The number of aliphatic hydroxyl groups is 2. The third-order valence-corrected chi connectivity index (χ3v) is 3.11. The van der Waals surface area contributed by atoms with Crippen molar-refractivity contribution in [2.75, 3.05) is 0 Å². The molecule has 0 heterocycles. The molecule has 0 aromatic rings. The van der Waals surface area contributed by atoms with Crippen molar-refractivity contribution in [3.8, 4) is 0 Å². The second-order valence-electron chi connectivity index (χ2n) is 5.26. The van der Waals surface area contributed by atoms with E-state index in [2.05, 4.69) is 27.7 Å². The summed E-state index contributed by atoms with van der Waals surface area (Å²) in [5, 5.41) is 19.1. The molecule has 0 saturated carbocycles. The SMILES string of the molecule is CCC(C(C)C(C)(C)C)C(C)(O)O. The van der Waals surface area contributed by atoms with E-state index >= 15 is 0 Å². The fourth-order valence-electron chi connectivity index (χ4n) is 1.82. The van der Waals surface area contributed by atoms with Gasteiger partial charge in [-0.15, -0.1) is 0 Å². The average molecular weight is 188 g/mol. The standard InChI is InChI=1S/C11H24O2/c1-7-9(11(6,12)13)8(2)10(3,4)5/h8-9,12-13H,7H2,1-6H3. The minimum Gasteiger partial charge on any atom is -0.366 e. The monoisotopic (exact) mass is 188 g/mol. The summed E-state index contributed by atoms with van der Waals surface area (Å²) in [6.45, 7) is 11.9. The van der Waals surface area contributed by atoms with Crippen LogP contribution < -0.4 is 0 Å². The van der Waals surface area contributed by atoms with Crippen LogP contribution in [0.3, 0.4) is 0 Å². The van der Waals surface area contributed by atoms with Crippen LogP contribution >= 0.6 is 0 Å². The van der Waals surface area contributed by atoms with Gasteiger partial charge in [0.05, 0.1) is 0 Å². The maximum atomic E-state index is 9.57. The van der Waals surface area contributed by atoms with E-state index in [-0.39, 0.29) is 17.3 Å². The average Bonchev–Trinajstić information content (AvgIpc) is 1.83. The van der Waals surface area contributed by atoms with Crippen molar-refractivity contribution in [3.05, 3.63) is 0 Å². The van der Waals surface area contributed by atoms with E-state index < -0.39 is 5.79 Å². The first-order valence-corrected chi connectivity index (χ1v) is 5.05. The first-order valence-electron chi connectivity index (χ1n) is 5.05. The molecule has 80 valence electrons. The second kappa shape index (κ2) is 3.97. The molecule has 2 atom stereocenters. The van der Waals surface area contributed by atoms with Crippen LogP contribution in [0.1, 0.15) is 48.0 Å². The Morgan fingerprint density at radius 1 is 1.08 bits per heavy atom. The van der Waals surface area contributed by atoms with Crippen LogP contribution in [-0.2, 0) is 0 Å². The predicted octanol–water partition coefficient (Wildman–Crippen LogP) is 2.40. The van der Waals surface area contributed by atoms with E-state index in [1.54, 1.807) is 0 Å². The summed E-state index contributed by atoms with van der Waals surface area (Å²) < 4.78 is 0. The van der Waals surface area contributed by atoms with Gasteiger partial charge in [-0.3, -0.25) is 0 Å². The van der Waals surface area contributed by atoms with E-state index in [1.807, 2.05) is 6.92 Å². The summed E-state index contributed by atoms with van der Waals surface area (Å²) in [5.41, 5.74) is 0.118. The molecular weight excluding hydrogens is 164 g/mol. The molecule has 2 nitrogen and oxygen atoms in total. The summed E-state index contributed by atoms with van der Waals surface area (Å²) in [7, 11) is 0. The fourth-order valence-corrected chi connectivity index (χ4v) is 1.82. The molecular formula is C11H24O2. The highest BCUT2D eigenvalue weighted by Gasteiger charge is 2.37. The van der Waals surface area contributed by atoms with Gasteiger partial charge in [-0.2, -0.15) is 0 Å². The number of rotatable bonds is 3. The molecule has 0 bridgehead atoms. The van der Waals surface area contributed by atoms with Gasteiger partial charge in [-0.05, 0) is 24.7 Å². The van der Waals surface area contributed by atoms with Crippen molar-refractivity contribution < 1.29 is 10.2 Å².